The summed E-state index contributed by atoms with van der Waals surface area (Å²) in [6, 6.07) is 0. The van der Waals surface area contributed by atoms with Crippen LogP contribution in [0.15, 0.2) is 0 Å². The molecule has 1 rings (SSSR count). The Labute approximate surface area is 88.9 Å². The summed E-state index contributed by atoms with van der Waals surface area (Å²) >= 11 is 1.63. The standard InChI is InChI=1S/C10H18O3S/c1-7(2)9(3,8(11)12)10(13)4-5-14-6-10/h7,13H,4-6H2,1-3H3,(H,11,12). The fourth-order valence-corrected chi connectivity index (χ4v) is 3.36. The third kappa shape index (κ3) is 1.54. The van der Waals surface area contributed by atoms with Crippen molar-refractivity contribution >= 4 is 17.7 Å². The van der Waals surface area contributed by atoms with Gasteiger partial charge in [0.1, 0.15) is 0 Å². The maximum atomic E-state index is 11.3. The topological polar surface area (TPSA) is 57.5 Å². The summed E-state index contributed by atoms with van der Waals surface area (Å²) in [5.74, 6) is 0.432. The molecule has 3 nitrogen and oxygen atoms in total. The summed E-state index contributed by atoms with van der Waals surface area (Å²) in [6.45, 7) is 5.37. The average molecular weight is 218 g/mol. The van der Waals surface area contributed by atoms with Crippen LogP contribution >= 0.6 is 11.8 Å². The summed E-state index contributed by atoms with van der Waals surface area (Å²) in [4.78, 5) is 11.3. The van der Waals surface area contributed by atoms with Gasteiger partial charge in [0.2, 0.25) is 0 Å². The van der Waals surface area contributed by atoms with Crippen molar-refractivity contribution in [2.75, 3.05) is 11.5 Å². The fourth-order valence-electron chi connectivity index (χ4n) is 1.95. The molecule has 1 aliphatic rings. The largest absolute Gasteiger partial charge is 0.481 e. The van der Waals surface area contributed by atoms with Gasteiger partial charge in [0.25, 0.3) is 0 Å². The second kappa shape index (κ2) is 3.74. The molecule has 14 heavy (non-hydrogen) atoms. The SMILES string of the molecule is CC(C)C(C)(C(=O)O)C1(O)CCSC1. The van der Waals surface area contributed by atoms with Gasteiger partial charge in [-0.1, -0.05) is 13.8 Å². The first-order valence-electron chi connectivity index (χ1n) is 4.88. The Morgan fingerprint density at radius 1 is 1.57 bits per heavy atom. The Balaban J connectivity index is 3.03. The zero-order valence-corrected chi connectivity index (χ0v) is 9.73. The summed E-state index contributed by atoms with van der Waals surface area (Å²) < 4.78 is 0. The molecule has 0 saturated carbocycles. The molecule has 2 N–H and O–H groups in total. The highest BCUT2D eigenvalue weighted by Crippen LogP contribution is 2.46. The van der Waals surface area contributed by atoms with Crippen molar-refractivity contribution in [3.05, 3.63) is 0 Å². The first-order chi connectivity index (χ1) is 6.34. The molecule has 0 aromatic rings. The molecular formula is C10H18O3S. The number of carbonyl (C=O) groups is 1. The maximum absolute atomic E-state index is 11.3. The van der Waals surface area contributed by atoms with Crippen molar-refractivity contribution in [2.24, 2.45) is 11.3 Å². The molecule has 1 fully saturated rings. The minimum Gasteiger partial charge on any atom is -0.481 e. The highest BCUT2D eigenvalue weighted by molar-refractivity contribution is 7.99. The van der Waals surface area contributed by atoms with Gasteiger partial charge in [0, 0.05) is 5.75 Å². The number of aliphatic carboxylic acids is 1. The van der Waals surface area contributed by atoms with E-state index < -0.39 is 17.0 Å². The molecule has 4 heteroatoms. The van der Waals surface area contributed by atoms with E-state index in [0.717, 1.165) is 5.75 Å². The minimum atomic E-state index is -1.04. The van der Waals surface area contributed by atoms with Gasteiger partial charge in [-0.3, -0.25) is 4.79 Å². The molecule has 1 saturated heterocycles. The van der Waals surface area contributed by atoms with Gasteiger partial charge in [-0.05, 0) is 25.0 Å². The molecular weight excluding hydrogens is 200 g/mol. The van der Waals surface area contributed by atoms with Crippen molar-refractivity contribution in [1.82, 2.24) is 0 Å². The molecule has 1 heterocycles. The number of hydrogen-bond donors (Lipinski definition) is 2. The molecule has 0 aromatic heterocycles. The van der Waals surface area contributed by atoms with Gasteiger partial charge in [-0.2, -0.15) is 11.8 Å². The van der Waals surface area contributed by atoms with Crippen LogP contribution < -0.4 is 0 Å². The monoisotopic (exact) mass is 218 g/mol. The Morgan fingerprint density at radius 2 is 2.14 bits per heavy atom. The van der Waals surface area contributed by atoms with Crippen molar-refractivity contribution < 1.29 is 15.0 Å². The zero-order valence-electron chi connectivity index (χ0n) is 8.91. The lowest BCUT2D eigenvalue weighted by molar-refractivity contribution is -0.170. The van der Waals surface area contributed by atoms with Crippen LogP contribution in [0.2, 0.25) is 0 Å². The van der Waals surface area contributed by atoms with Crippen LogP contribution in [-0.4, -0.2) is 33.3 Å². The molecule has 82 valence electrons. The van der Waals surface area contributed by atoms with Crippen molar-refractivity contribution in [3.8, 4) is 0 Å². The van der Waals surface area contributed by atoms with E-state index in [4.69, 9.17) is 0 Å². The molecule has 0 amide bonds. The molecule has 0 spiro atoms. The van der Waals surface area contributed by atoms with Gasteiger partial charge >= 0.3 is 5.97 Å². The summed E-state index contributed by atoms with van der Waals surface area (Å²) in [5.41, 5.74) is -2.08. The van der Waals surface area contributed by atoms with Crippen LogP contribution in [0.3, 0.4) is 0 Å². The molecule has 2 unspecified atom stereocenters. The van der Waals surface area contributed by atoms with E-state index in [1.54, 1.807) is 18.7 Å². The summed E-state index contributed by atoms with van der Waals surface area (Å²) in [7, 11) is 0. The van der Waals surface area contributed by atoms with E-state index in [2.05, 4.69) is 0 Å². The highest BCUT2D eigenvalue weighted by Gasteiger charge is 2.55. The second-order valence-corrected chi connectivity index (χ2v) is 5.60. The van der Waals surface area contributed by atoms with Gasteiger partial charge < -0.3 is 10.2 Å². The van der Waals surface area contributed by atoms with Gasteiger partial charge in [-0.25, -0.2) is 0 Å². The number of aliphatic hydroxyl groups is 1. The Bertz CT molecular complexity index is 234. The number of carboxylic acids is 1. The van der Waals surface area contributed by atoms with Crippen LogP contribution in [0.4, 0.5) is 0 Å². The molecule has 0 bridgehead atoms. The maximum Gasteiger partial charge on any atom is 0.312 e. The number of rotatable bonds is 3. The zero-order chi connectivity index (χ0) is 11.0. The van der Waals surface area contributed by atoms with E-state index in [1.165, 1.54) is 0 Å². The van der Waals surface area contributed by atoms with E-state index in [9.17, 15) is 15.0 Å². The Kier molecular flexibility index (Phi) is 3.17. The van der Waals surface area contributed by atoms with Crippen molar-refractivity contribution in [1.29, 1.82) is 0 Å². The van der Waals surface area contributed by atoms with Gasteiger partial charge in [-0.15, -0.1) is 0 Å². The highest BCUT2D eigenvalue weighted by atomic mass is 32.2. The number of carboxylic acid groups (broad SMARTS) is 1. The lowest BCUT2D eigenvalue weighted by Gasteiger charge is -2.41. The first kappa shape index (κ1) is 11.9. The van der Waals surface area contributed by atoms with Crippen molar-refractivity contribution in [2.45, 2.75) is 32.8 Å². The van der Waals surface area contributed by atoms with Crippen LogP contribution in [0, 0.1) is 11.3 Å². The van der Waals surface area contributed by atoms with E-state index in [1.807, 2.05) is 13.8 Å². The summed E-state index contributed by atoms with van der Waals surface area (Å²) in [5, 5.41) is 19.6. The van der Waals surface area contributed by atoms with E-state index >= 15 is 0 Å². The average Bonchev–Trinajstić information content (AvgIpc) is 2.51. The molecule has 2 atom stereocenters. The summed E-state index contributed by atoms with van der Waals surface area (Å²) in [6.07, 6.45) is 0.582. The third-order valence-corrected chi connectivity index (χ3v) is 4.74. The van der Waals surface area contributed by atoms with Crippen LogP contribution in [0.5, 0.6) is 0 Å². The minimum absolute atomic E-state index is 0.0660. The van der Waals surface area contributed by atoms with Crippen LogP contribution in [0.25, 0.3) is 0 Å². The third-order valence-electron chi connectivity index (χ3n) is 3.57. The predicted molar refractivity (Wildman–Crippen MR) is 57.5 cm³/mol. The van der Waals surface area contributed by atoms with Crippen molar-refractivity contribution in [3.63, 3.8) is 0 Å². The molecule has 0 aliphatic carbocycles. The normalized spacial score (nSPS) is 31.8. The van der Waals surface area contributed by atoms with Crippen LogP contribution in [-0.2, 0) is 4.79 Å². The smallest absolute Gasteiger partial charge is 0.312 e. The Hall–Kier alpha value is -0.220. The second-order valence-electron chi connectivity index (χ2n) is 4.50. The molecule has 0 radical (unpaired) electrons. The first-order valence-corrected chi connectivity index (χ1v) is 6.03. The van der Waals surface area contributed by atoms with E-state index in [-0.39, 0.29) is 5.92 Å². The van der Waals surface area contributed by atoms with Crippen LogP contribution in [0.1, 0.15) is 27.2 Å². The lowest BCUT2D eigenvalue weighted by Crippen LogP contribution is -2.54. The molecule has 1 aliphatic heterocycles. The molecule has 0 aromatic carbocycles. The van der Waals surface area contributed by atoms with Gasteiger partial charge in [0.15, 0.2) is 0 Å². The lowest BCUT2D eigenvalue weighted by atomic mass is 9.66. The number of hydrogen-bond acceptors (Lipinski definition) is 3. The van der Waals surface area contributed by atoms with Gasteiger partial charge in [0.05, 0.1) is 11.0 Å². The number of thioether (sulfide) groups is 1. The Morgan fingerprint density at radius 3 is 2.43 bits per heavy atom. The van der Waals surface area contributed by atoms with E-state index in [0.29, 0.717) is 12.2 Å². The quantitative estimate of drug-likeness (QED) is 0.755. The predicted octanol–water partition coefficient (Wildman–Crippen LogP) is 1.60. The fraction of sp³-hybridized carbons (Fsp3) is 0.900.